The minimum Gasteiger partial charge on any atom is -0.497 e. The van der Waals surface area contributed by atoms with Crippen molar-refractivity contribution in [1.82, 2.24) is 14.5 Å². The second kappa shape index (κ2) is 11.7. The molecule has 0 unspecified atom stereocenters. The van der Waals surface area contributed by atoms with Crippen molar-refractivity contribution >= 4 is 22.4 Å². The molecule has 0 amide bonds. The van der Waals surface area contributed by atoms with Crippen LogP contribution in [0.3, 0.4) is 0 Å². The monoisotopic (exact) mass is 563 g/mol. The predicted octanol–water partition coefficient (Wildman–Crippen LogP) is 6.56. The number of nitrogens with zero attached hydrogens (tertiary/aromatic N) is 4. The highest BCUT2D eigenvalue weighted by Gasteiger charge is 2.29. The Bertz CT molecular complexity index is 1720. The maximum absolute atomic E-state index is 6.37. The molecule has 8 heteroatoms. The first-order valence-corrected chi connectivity index (χ1v) is 14.3. The average Bonchev–Trinajstić information content (AvgIpc) is 3.37. The van der Waals surface area contributed by atoms with Gasteiger partial charge >= 0.3 is 0 Å². The molecule has 0 saturated carbocycles. The van der Waals surface area contributed by atoms with Crippen molar-refractivity contribution in [3.8, 4) is 17.4 Å². The minimum atomic E-state index is -0.101. The fraction of sp³-hybridized carbons (Fsp3) is 0.294. The van der Waals surface area contributed by atoms with Crippen LogP contribution in [0, 0.1) is 6.92 Å². The van der Waals surface area contributed by atoms with E-state index in [1.165, 1.54) is 5.56 Å². The number of benzene rings is 3. The largest absolute Gasteiger partial charge is 0.497 e. The van der Waals surface area contributed by atoms with Gasteiger partial charge in [-0.2, -0.15) is 4.98 Å². The molecule has 3 aromatic carbocycles. The molecule has 1 aliphatic carbocycles. The molecule has 216 valence electrons. The van der Waals surface area contributed by atoms with Crippen LogP contribution in [0.1, 0.15) is 47.0 Å². The van der Waals surface area contributed by atoms with Crippen molar-refractivity contribution in [3.63, 3.8) is 0 Å². The second-order valence-corrected chi connectivity index (χ2v) is 10.7. The molecule has 0 saturated heterocycles. The van der Waals surface area contributed by atoms with Gasteiger partial charge in [-0.15, -0.1) is 0 Å². The number of anilines is 2. The lowest BCUT2D eigenvalue weighted by Crippen LogP contribution is -2.28. The highest BCUT2D eigenvalue weighted by Crippen LogP contribution is 2.39. The maximum Gasteiger partial charge on any atom is 0.236 e. The third kappa shape index (κ3) is 5.14. The first-order chi connectivity index (χ1) is 20.5. The van der Waals surface area contributed by atoms with Crippen LogP contribution in [0.4, 0.5) is 11.5 Å². The fourth-order valence-electron chi connectivity index (χ4n) is 6.02. The molecule has 0 bridgehead atoms. The lowest BCUT2D eigenvalue weighted by molar-refractivity contribution is 0.0841. The van der Waals surface area contributed by atoms with Gasteiger partial charge in [0.2, 0.25) is 5.95 Å². The normalized spacial score (nSPS) is 14.5. The van der Waals surface area contributed by atoms with Crippen LogP contribution in [0.5, 0.6) is 11.5 Å². The Hall–Kier alpha value is -4.56. The molecular formula is C34H37N5O3. The quantitative estimate of drug-likeness (QED) is 0.203. The Morgan fingerprint density at radius 2 is 1.76 bits per heavy atom. The zero-order chi connectivity index (χ0) is 29.2. The fourth-order valence-corrected chi connectivity index (χ4v) is 6.02. The Kier molecular flexibility index (Phi) is 7.71. The predicted molar refractivity (Wildman–Crippen MR) is 167 cm³/mol. The third-order valence-electron chi connectivity index (χ3n) is 8.12. The molecule has 2 heterocycles. The number of rotatable bonds is 9. The van der Waals surface area contributed by atoms with E-state index >= 15 is 0 Å². The summed E-state index contributed by atoms with van der Waals surface area (Å²) < 4.78 is 19.4. The first-order valence-electron chi connectivity index (χ1n) is 14.3. The van der Waals surface area contributed by atoms with E-state index in [9.17, 15) is 0 Å². The molecule has 8 nitrogen and oxygen atoms in total. The van der Waals surface area contributed by atoms with Gasteiger partial charge in [-0.1, -0.05) is 36.4 Å². The van der Waals surface area contributed by atoms with E-state index in [1.807, 2.05) is 30.3 Å². The summed E-state index contributed by atoms with van der Waals surface area (Å²) in [5, 5.41) is 0.991. The molecule has 5 aromatic rings. The molecule has 2 aromatic heterocycles. The number of ether oxygens (including phenoxy) is 3. The highest BCUT2D eigenvalue weighted by molar-refractivity contribution is 5.93. The van der Waals surface area contributed by atoms with E-state index in [0.29, 0.717) is 19.0 Å². The Morgan fingerprint density at radius 1 is 0.929 bits per heavy atom. The van der Waals surface area contributed by atoms with E-state index in [1.54, 1.807) is 21.3 Å². The topological polar surface area (TPSA) is 87.7 Å². The molecule has 1 atom stereocenters. The number of methoxy groups -OCH3 is 3. The number of aryl methyl sites for hydroxylation is 1. The molecule has 0 radical (unpaired) electrons. The van der Waals surface area contributed by atoms with Crippen molar-refractivity contribution in [1.29, 1.82) is 0 Å². The Labute approximate surface area is 246 Å². The van der Waals surface area contributed by atoms with Gasteiger partial charge in [0.1, 0.15) is 17.3 Å². The summed E-state index contributed by atoms with van der Waals surface area (Å²) in [4.78, 5) is 12.8. The van der Waals surface area contributed by atoms with Crippen LogP contribution in [0.2, 0.25) is 0 Å². The van der Waals surface area contributed by atoms with Gasteiger partial charge < -0.3 is 24.8 Å². The summed E-state index contributed by atoms with van der Waals surface area (Å²) in [6, 6.07) is 24.5. The molecule has 2 N–H and O–H groups in total. The number of hydrogen-bond donors (Lipinski definition) is 1. The van der Waals surface area contributed by atoms with Crippen molar-refractivity contribution in [2.75, 3.05) is 32.0 Å². The van der Waals surface area contributed by atoms with Gasteiger partial charge in [-0.05, 0) is 62.1 Å². The van der Waals surface area contributed by atoms with Gasteiger partial charge in [0.15, 0.2) is 0 Å². The molecule has 0 aliphatic heterocycles. The summed E-state index contributed by atoms with van der Waals surface area (Å²) in [6.45, 7) is 3.32. The molecule has 1 aliphatic rings. The van der Waals surface area contributed by atoms with Gasteiger partial charge in [0, 0.05) is 54.2 Å². The lowest BCUT2D eigenvalue weighted by Gasteiger charge is -2.32. The van der Waals surface area contributed by atoms with Crippen LogP contribution in [-0.2, 0) is 24.2 Å². The van der Waals surface area contributed by atoms with E-state index in [2.05, 4.69) is 58.9 Å². The Balaban J connectivity index is 1.56. The van der Waals surface area contributed by atoms with Gasteiger partial charge in [0.25, 0.3) is 0 Å². The van der Waals surface area contributed by atoms with E-state index in [4.69, 9.17) is 29.9 Å². The smallest absolute Gasteiger partial charge is 0.236 e. The van der Waals surface area contributed by atoms with Gasteiger partial charge in [-0.25, -0.2) is 4.98 Å². The van der Waals surface area contributed by atoms with Crippen LogP contribution in [0.25, 0.3) is 16.9 Å². The summed E-state index contributed by atoms with van der Waals surface area (Å²) >= 11 is 0. The number of fused-ring (bicyclic) bond motifs is 2. The molecule has 42 heavy (non-hydrogen) atoms. The summed E-state index contributed by atoms with van der Waals surface area (Å²) in [7, 11) is 5.12. The number of nitrogen functional groups attached to an aromatic ring is 1. The van der Waals surface area contributed by atoms with Crippen LogP contribution in [0.15, 0.2) is 72.8 Å². The van der Waals surface area contributed by atoms with Crippen molar-refractivity contribution in [2.45, 2.75) is 45.4 Å². The van der Waals surface area contributed by atoms with E-state index in [0.717, 1.165) is 75.7 Å². The zero-order valence-electron chi connectivity index (χ0n) is 24.6. The maximum atomic E-state index is 6.37. The van der Waals surface area contributed by atoms with Crippen LogP contribution in [-0.4, -0.2) is 35.9 Å². The lowest BCUT2D eigenvalue weighted by atomic mass is 9.93. The van der Waals surface area contributed by atoms with Crippen molar-refractivity contribution in [2.24, 2.45) is 0 Å². The van der Waals surface area contributed by atoms with Crippen molar-refractivity contribution in [3.05, 3.63) is 101 Å². The molecular weight excluding hydrogens is 526 g/mol. The molecule has 0 spiro atoms. The second-order valence-electron chi connectivity index (χ2n) is 10.7. The highest BCUT2D eigenvalue weighted by atomic mass is 16.5. The third-order valence-corrected chi connectivity index (χ3v) is 8.12. The number of aromatic nitrogens is 3. The first kappa shape index (κ1) is 27.6. The van der Waals surface area contributed by atoms with Crippen LogP contribution >= 0.6 is 0 Å². The van der Waals surface area contributed by atoms with Gasteiger partial charge in [-0.3, -0.25) is 4.57 Å². The number of nitrogens with two attached hydrogens (primary N) is 1. The molecule has 0 fully saturated rings. The van der Waals surface area contributed by atoms with Gasteiger partial charge in [0.05, 0.1) is 31.5 Å². The van der Waals surface area contributed by atoms with Crippen LogP contribution < -0.4 is 20.1 Å². The standard InChI is InChI=1S/C34H37N5O3/c1-22-18-27-28(35)13-9-14-29(27)39(22)34-36-32-26(12-8-15-30(32)41-3)33(37-34)38(20-23-10-6-5-7-11-23)21-24-16-17-25(40-2)19-31(24)42-4/h5-7,9-11,13-14,16-19,30H,8,12,15,20-21,35H2,1-4H3/t30-/m0/s1. The molecule has 6 rings (SSSR count). The van der Waals surface area contributed by atoms with E-state index < -0.39 is 0 Å². The summed E-state index contributed by atoms with van der Waals surface area (Å²) in [5.74, 6) is 3.05. The zero-order valence-corrected chi connectivity index (χ0v) is 24.6. The van der Waals surface area contributed by atoms with Crippen molar-refractivity contribution < 1.29 is 14.2 Å². The summed E-state index contributed by atoms with van der Waals surface area (Å²) in [5.41, 5.74) is 13.4. The Morgan fingerprint density at radius 3 is 2.52 bits per heavy atom. The van der Waals surface area contributed by atoms with E-state index in [-0.39, 0.29) is 6.10 Å². The SMILES string of the molecule is COc1ccc(CN(Cc2ccccc2)c2nc(-n3c(C)cc4c(N)cccc43)nc3c2CCC[C@@H]3OC)c(OC)c1. The summed E-state index contributed by atoms with van der Waals surface area (Å²) in [6.07, 6.45) is 2.71. The minimum absolute atomic E-state index is 0.101. The number of hydrogen-bond acceptors (Lipinski definition) is 7. The average molecular weight is 564 g/mol.